The summed E-state index contributed by atoms with van der Waals surface area (Å²) >= 11 is 1.62. The first-order valence-corrected chi connectivity index (χ1v) is 15.8. The second-order valence-corrected chi connectivity index (χ2v) is 14.5. The van der Waals surface area contributed by atoms with Crippen LogP contribution in [0.15, 0.2) is 24.3 Å². The molecule has 0 aromatic heterocycles. The molecule has 0 spiro atoms. The van der Waals surface area contributed by atoms with Crippen molar-refractivity contribution in [2.75, 3.05) is 19.4 Å². The molecule has 1 aromatic carbocycles. The number of hydrogen-bond acceptors (Lipinski definition) is 7. The maximum atomic E-state index is 14.1. The highest BCUT2D eigenvalue weighted by molar-refractivity contribution is 7.99. The number of nitrogens with zero attached hydrogens (tertiary/aromatic N) is 2. The summed E-state index contributed by atoms with van der Waals surface area (Å²) < 4.78 is 11.3. The van der Waals surface area contributed by atoms with E-state index in [4.69, 9.17) is 15.9 Å². The second kappa shape index (κ2) is 12.8. The second-order valence-electron chi connectivity index (χ2n) is 13.2. The van der Waals surface area contributed by atoms with Crippen LogP contribution < -0.4 is 10.6 Å². The molecule has 6 atom stereocenters. The zero-order valence-corrected chi connectivity index (χ0v) is 27.0. The van der Waals surface area contributed by atoms with Gasteiger partial charge in [-0.15, -0.1) is 18.2 Å². The number of hydrogen-bond donors (Lipinski definition) is 2. The molecule has 2 aliphatic heterocycles. The van der Waals surface area contributed by atoms with Gasteiger partial charge in [-0.05, 0) is 62.8 Å². The lowest BCUT2D eigenvalue weighted by atomic mass is 9.83. The minimum atomic E-state index is -0.870. The maximum Gasteiger partial charge on any atom is 0.410 e. The lowest BCUT2D eigenvalue weighted by Gasteiger charge is -2.35. The van der Waals surface area contributed by atoms with Crippen LogP contribution in [0, 0.1) is 17.8 Å². The highest BCUT2D eigenvalue weighted by Crippen LogP contribution is 2.47. The van der Waals surface area contributed by atoms with Crippen molar-refractivity contribution in [2.24, 2.45) is 5.41 Å². The minimum absolute atomic E-state index is 0.131. The van der Waals surface area contributed by atoms with E-state index in [1.54, 1.807) is 44.4 Å². The minimum Gasteiger partial charge on any atom is -0.444 e. The van der Waals surface area contributed by atoms with Crippen molar-refractivity contribution in [3.63, 3.8) is 0 Å². The lowest BCUT2D eigenvalue weighted by molar-refractivity contribution is -0.144. The summed E-state index contributed by atoms with van der Waals surface area (Å²) in [5.74, 6) is 2.12. The monoisotopic (exact) mass is 612 g/mol. The Morgan fingerprint density at radius 2 is 1.93 bits per heavy atom. The van der Waals surface area contributed by atoms with Crippen LogP contribution in [0.1, 0.15) is 71.6 Å². The Hall–Kier alpha value is -3.23. The number of benzene rings is 1. The Bertz CT molecular complexity index is 1290. The van der Waals surface area contributed by atoms with Gasteiger partial charge in [-0.1, -0.05) is 44.0 Å². The third kappa shape index (κ3) is 7.13. The molecule has 2 saturated heterocycles. The van der Waals surface area contributed by atoms with Gasteiger partial charge in [0.1, 0.15) is 30.3 Å². The van der Waals surface area contributed by atoms with Gasteiger partial charge in [-0.3, -0.25) is 19.3 Å². The number of terminal acetylenes is 1. The van der Waals surface area contributed by atoms with Crippen LogP contribution in [0.2, 0.25) is 0 Å². The molecule has 2 heterocycles. The average Bonchev–Trinajstić information content (AvgIpc) is 3.36. The normalized spacial score (nSPS) is 26.8. The maximum absolute atomic E-state index is 14.1. The van der Waals surface area contributed by atoms with Gasteiger partial charge in [0.05, 0.1) is 17.5 Å². The van der Waals surface area contributed by atoms with E-state index < -0.39 is 47.2 Å². The lowest BCUT2D eigenvalue weighted by Crippen LogP contribution is -2.58. The van der Waals surface area contributed by atoms with E-state index in [0.717, 1.165) is 11.1 Å². The fourth-order valence-corrected chi connectivity index (χ4v) is 7.66. The molecular weight excluding hydrogens is 568 g/mol. The molecule has 3 aliphatic rings. The molecule has 0 saturated carbocycles. The number of carbonyl (C=O) groups is 4. The van der Waals surface area contributed by atoms with Gasteiger partial charge in [0, 0.05) is 13.5 Å². The Balaban J connectivity index is 1.52. The van der Waals surface area contributed by atoms with Gasteiger partial charge in [-0.25, -0.2) is 4.79 Å². The van der Waals surface area contributed by atoms with Gasteiger partial charge < -0.3 is 25.0 Å². The smallest absolute Gasteiger partial charge is 0.410 e. The quantitative estimate of drug-likeness (QED) is 0.454. The number of ether oxygens (including phenoxy) is 2. The standard InChI is InChI=1S/C32H44N4O6S/c1-9-15-41-23-17-20-12-10-11-13-21(20)25(23)34-28(38)26-32(6,7)18-24-36(26)29(39)22(14-16-43-24)33-27(37)19(2)35(8)30(40)42-31(3,4)5/h1,10-13,19,22-26H,14-18H2,2-8H3,(H,33,37)(H,34,38)/t19-,22-,23+,24-,25-,26?/m0/s1. The van der Waals surface area contributed by atoms with E-state index in [0.29, 0.717) is 25.0 Å². The molecule has 2 fully saturated rings. The third-order valence-corrected chi connectivity index (χ3v) is 9.62. The summed E-state index contributed by atoms with van der Waals surface area (Å²) in [4.78, 5) is 56.9. The molecule has 1 aliphatic carbocycles. The highest BCUT2D eigenvalue weighted by Gasteiger charge is 2.55. The molecule has 2 N–H and O–H groups in total. The van der Waals surface area contributed by atoms with E-state index in [1.807, 2.05) is 38.1 Å². The molecule has 4 amide bonds. The highest BCUT2D eigenvalue weighted by atomic mass is 32.2. The van der Waals surface area contributed by atoms with Gasteiger partial charge >= 0.3 is 6.09 Å². The van der Waals surface area contributed by atoms with E-state index in [2.05, 4.69) is 16.6 Å². The Morgan fingerprint density at radius 3 is 2.60 bits per heavy atom. The third-order valence-electron chi connectivity index (χ3n) is 8.37. The van der Waals surface area contributed by atoms with Crippen LogP contribution in [0.4, 0.5) is 4.79 Å². The van der Waals surface area contributed by atoms with E-state index in [9.17, 15) is 19.2 Å². The Kier molecular flexibility index (Phi) is 9.72. The van der Waals surface area contributed by atoms with Crippen molar-refractivity contribution < 1.29 is 28.7 Å². The number of thioether (sulfide) groups is 1. The largest absolute Gasteiger partial charge is 0.444 e. The molecule has 1 unspecified atom stereocenters. The molecular formula is C32H44N4O6S. The van der Waals surface area contributed by atoms with Gasteiger partial charge in [0.15, 0.2) is 0 Å². The first kappa shape index (κ1) is 32.7. The van der Waals surface area contributed by atoms with Crippen LogP contribution >= 0.6 is 11.8 Å². The van der Waals surface area contributed by atoms with Crippen LogP contribution in [0.5, 0.6) is 0 Å². The van der Waals surface area contributed by atoms with Crippen molar-refractivity contribution in [2.45, 2.75) is 102 Å². The SMILES string of the molecule is C#CCO[C@@H]1Cc2ccccc2[C@@H]1NC(=O)C1N2C(=O)[C@@H](NC(=O)[C@H](C)N(C)C(=O)OC(C)(C)C)CCS[C@H]2CC1(C)C. The molecule has 43 heavy (non-hydrogen) atoms. The first-order chi connectivity index (χ1) is 20.1. The van der Waals surface area contributed by atoms with E-state index >= 15 is 0 Å². The van der Waals surface area contributed by atoms with Crippen molar-refractivity contribution in [1.82, 2.24) is 20.4 Å². The molecule has 1 aromatic rings. The summed E-state index contributed by atoms with van der Waals surface area (Å²) in [5.41, 5.74) is 0.848. The van der Waals surface area contributed by atoms with Crippen molar-refractivity contribution >= 4 is 35.6 Å². The molecule has 0 radical (unpaired) electrons. The zero-order chi connectivity index (χ0) is 31.7. The Morgan fingerprint density at radius 1 is 1.23 bits per heavy atom. The van der Waals surface area contributed by atoms with Gasteiger partial charge in [0.2, 0.25) is 17.7 Å². The first-order valence-electron chi connectivity index (χ1n) is 14.8. The summed E-state index contributed by atoms with van der Waals surface area (Å²) in [5, 5.41) is 5.86. The molecule has 10 nitrogen and oxygen atoms in total. The van der Waals surface area contributed by atoms with Gasteiger partial charge in [0.25, 0.3) is 0 Å². The average molecular weight is 613 g/mol. The van der Waals surface area contributed by atoms with Crippen LogP contribution in [-0.2, 0) is 30.3 Å². The number of amides is 4. The predicted molar refractivity (Wildman–Crippen MR) is 165 cm³/mol. The molecule has 234 valence electrons. The number of likely N-dealkylation sites (N-methyl/N-ethyl adjacent to an activating group) is 1. The fourth-order valence-electron chi connectivity index (χ4n) is 6.08. The van der Waals surface area contributed by atoms with E-state index in [1.165, 1.54) is 11.9 Å². The van der Waals surface area contributed by atoms with Crippen LogP contribution in [-0.4, -0.2) is 88.2 Å². The number of rotatable bonds is 7. The zero-order valence-electron chi connectivity index (χ0n) is 26.1. The summed E-state index contributed by atoms with van der Waals surface area (Å²) in [7, 11) is 1.49. The predicted octanol–water partition coefficient (Wildman–Crippen LogP) is 3.25. The topological polar surface area (TPSA) is 117 Å². The molecule has 11 heteroatoms. The number of carbonyl (C=O) groups excluding carboxylic acids is 4. The summed E-state index contributed by atoms with van der Waals surface area (Å²) in [6.07, 6.45) is 6.18. The number of fused-ring (bicyclic) bond motifs is 2. The van der Waals surface area contributed by atoms with Crippen molar-refractivity contribution in [3.05, 3.63) is 35.4 Å². The summed E-state index contributed by atoms with van der Waals surface area (Å²) in [6.45, 7) is 11.0. The molecule has 4 rings (SSSR count). The van der Waals surface area contributed by atoms with E-state index in [-0.39, 0.29) is 29.9 Å². The van der Waals surface area contributed by atoms with Crippen LogP contribution in [0.25, 0.3) is 0 Å². The summed E-state index contributed by atoms with van der Waals surface area (Å²) in [6, 6.07) is 5.04. The van der Waals surface area contributed by atoms with Crippen molar-refractivity contribution in [3.8, 4) is 12.3 Å². The fraction of sp³-hybridized carbons (Fsp3) is 0.625. The number of nitrogens with one attached hydrogen (secondary N) is 2. The molecule has 0 bridgehead atoms. The Labute approximate surface area is 259 Å². The van der Waals surface area contributed by atoms with Crippen molar-refractivity contribution in [1.29, 1.82) is 0 Å². The van der Waals surface area contributed by atoms with Gasteiger partial charge in [-0.2, -0.15) is 0 Å². The van der Waals surface area contributed by atoms with Crippen LogP contribution in [0.3, 0.4) is 0 Å².